The molecule has 0 fully saturated rings. The number of aromatic nitrogens is 2. The van der Waals surface area contributed by atoms with Gasteiger partial charge in [0.2, 0.25) is 0 Å². The molecule has 0 spiro atoms. The fourth-order valence-corrected chi connectivity index (χ4v) is 2.96. The second kappa shape index (κ2) is 5.54. The largest absolute Gasteiger partial charge is 0.508 e. The van der Waals surface area contributed by atoms with Gasteiger partial charge in [-0.1, -0.05) is 11.8 Å². The van der Waals surface area contributed by atoms with E-state index in [1.54, 1.807) is 35.9 Å². The van der Waals surface area contributed by atoms with Crippen LogP contribution in [0.5, 0.6) is 5.75 Å². The third kappa shape index (κ3) is 2.77. The molecule has 0 aliphatic carbocycles. The Morgan fingerprint density at radius 3 is 2.45 bits per heavy atom. The molecular weight excluding hydrogens is 278 g/mol. The monoisotopic (exact) mass is 293 g/mol. The molecule has 1 aromatic carbocycles. The first kappa shape index (κ1) is 14.4. The van der Waals surface area contributed by atoms with E-state index < -0.39 is 4.92 Å². The maximum absolute atomic E-state index is 11.2. The molecule has 2 rings (SSSR count). The van der Waals surface area contributed by atoms with Gasteiger partial charge in [-0.25, -0.2) is 4.68 Å². The Labute approximate surface area is 120 Å². The van der Waals surface area contributed by atoms with Crippen molar-refractivity contribution in [2.75, 3.05) is 0 Å². The fourth-order valence-electron chi connectivity index (χ4n) is 1.80. The second-order valence-electron chi connectivity index (χ2n) is 4.63. The average molecular weight is 293 g/mol. The van der Waals surface area contributed by atoms with Gasteiger partial charge in [0.15, 0.2) is 5.03 Å². The van der Waals surface area contributed by atoms with Gasteiger partial charge in [-0.2, -0.15) is 5.10 Å². The summed E-state index contributed by atoms with van der Waals surface area (Å²) in [5.74, 6) is 0.164. The van der Waals surface area contributed by atoms with Crippen LogP contribution in [0.1, 0.15) is 25.6 Å². The van der Waals surface area contributed by atoms with Crippen LogP contribution < -0.4 is 0 Å². The lowest BCUT2D eigenvalue weighted by molar-refractivity contribution is -0.388. The summed E-state index contributed by atoms with van der Waals surface area (Å²) in [6.07, 6.45) is 0. The number of rotatable bonds is 4. The number of aromatic hydroxyl groups is 1. The zero-order chi connectivity index (χ0) is 14.9. The molecule has 20 heavy (non-hydrogen) atoms. The van der Waals surface area contributed by atoms with E-state index in [0.717, 1.165) is 4.90 Å². The Morgan fingerprint density at radius 2 is 1.95 bits per heavy atom. The molecule has 0 unspecified atom stereocenters. The standard InChI is InChI=1S/C13H15N3O3S/c1-8(2)15-13(12(16(18)19)9(3)14-15)20-11-6-4-10(17)5-7-11/h4-8,17H,1-3H3. The van der Waals surface area contributed by atoms with Crippen molar-refractivity contribution in [3.63, 3.8) is 0 Å². The highest BCUT2D eigenvalue weighted by Gasteiger charge is 2.27. The van der Waals surface area contributed by atoms with Gasteiger partial charge in [0.1, 0.15) is 11.4 Å². The van der Waals surface area contributed by atoms with Gasteiger partial charge in [-0.3, -0.25) is 10.1 Å². The van der Waals surface area contributed by atoms with E-state index in [4.69, 9.17) is 0 Å². The summed E-state index contributed by atoms with van der Waals surface area (Å²) in [6, 6.07) is 6.57. The molecule has 0 aliphatic heterocycles. The van der Waals surface area contributed by atoms with Gasteiger partial charge in [-0.05, 0) is 45.0 Å². The molecule has 0 aliphatic rings. The van der Waals surface area contributed by atoms with Crippen molar-refractivity contribution in [1.29, 1.82) is 0 Å². The number of hydrogen-bond donors (Lipinski definition) is 1. The molecular formula is C13H15N3O3S. The topological polar surface area (TPSA) is 81.2 Å². The highest BCUT2D eigenvalue weighted by molar-refractivity contribution is 7.99. The fraction of sp³-hybridized carbons (Fsp3) is 0.308. The Bertz CT molecular complexity index is 635. The maximum Gasteiger partial charge on any atom is 0.324 e. The zero-order valence-electron chi connectivity index (χ0n) is 11.4. The van der Waals surface area contributed by atoms with Crippen LogP contribution in [0.4, 0.5) is 5.69 Å². The summed E-state index contributed by atoms with van der Waals surface area (Å²) in [5.41, 5.74) is 0.446. The predicted octanol–water partition coefficient (Wildman–Crippen LogP) is 3.54. The number of aryl methyl sites for hydroxylation is 1. The third-order valence-electron chi connectivity index (χ3n) is 2.73. The van der Waals surface area contributed by atoms with E-state index in [0.29, 0.717) is 10.7 Å². The molecule has 0 amide bonds. The first-order chi connectivity index (χ1) is 9.40. The summed E-state index contributed by atoms with van der Waals surface area (Å²) < 4.78 is 1.66. The van der Waals surface area contributed by atoms with Crippen LogP contribution in [0.15, 0.2) is 34.2 Å². The normalized spacial score (nSPS) is 11.0. The van der Waals surface area contributed by atoms with Crippen LogP contribution >= 0.6 is 11.8 Å². The summed E-state index contributed by atoms with van der Waals surface area (Å²) in [7, 11) is 0. The van der Waals surface area contributed by atoms with Crippen molar-refractivity contribution in [3.8, 4) is 5.75 Å². The Kier molecular flexibility index (Phi) is 3.99. The van der Waals surface area contributed by atoms with Crippen molar-refractivity contribution in [2.45, 2.75) is 36.7 Å². The summed E-state index contributed by atoms with van der Waals surface area (Å²) in [4.78, 5) is 11.6. The molecule has 0 bridgehead atoms. The Balaban J connectivity index is 2.48. The first-order valence-electron chi connectivity index (χ1n) is 6.10. The number of phenolic OH excluding ortho intramolecular Hbond substituents is 1. The van der Waals surface area contributed by atoms with E-state index >= 15 is 0 Å². The quantitative estimate of drug-likeness (QED) is 0.688. The Hall–Kier alpha value is -2.02. The van der Waals surface area contributed by atoms with E-state index in [1.807, 2.05) is 13.8 Å². The summed E-state index contributed by atoms with van der Waals surface area (Å²) in [5, 5.41) is 25.3. The van der Waals surface area contributed by atoms with E-state index in [9.17, 15) is 15.2 Å². The van der Waals surface area contributed by atoms with E-state index in [1.165, 1.54) is 11.8 Å². The smallest absolute Gasteiger partial charge is 0.324 e. The lowest BCUT2D eigenvalue weighted by Gasteiger charge is -2.09. The van der Waals surface area contributed by atoms with Crippen molar-refractivity contribution in [3.05, 3.63) is 40.1 Å². The van der Waals surface area contributed by atoms with Gasteiger partial charge in [0, 0.05) is 10.9 Å². The first-order valence-corrected chi connectivity index (χ1v) is 6.92. The van der Waals surface area contributed by atoms with Gasteiger partial charge < -0.3 is 5.11 Å². The molecule has 1 aromatic heterocycles. The zero-order valence-corrected chi connectivity index (χ0v) is 12.2. The molecule has 6 nitrogen and oxygen atoms in total. The van der Waals surface area contributed by atoms with Crippen LogP contribution in [0.2, 0.25) is 0 Å². The third-order valence-corrected chi connectivity index (χ3v) is 3.82. The number of hydrogen-bond acceptors (Lipinski definition) is 5. The SMILES string of the molecule is Cc1nn(C(C)C)c(Sc2ccc(O)cc2)c1[N+](=O)[O-]. The summed E-state index contributed by atoms with van der Waals surface area (Å²) >= 11 is 1.27. The predicted molar refractivity (Wildman–Crippen MR) is 76.2 cm³/mol. The maximum atomic E-state index is 11.2. The van der Waals surface area contributed by atoms with Crippen molar-refractivity contribution < 1.29 is 10.0 Å². The van der Waals surface area contributed by atoms with E-state index in [2.05, 4.69) is 5.10 Å². The molecule has 0 radical (unpaired) electrons. The molecule has 106 valence electrons. The number of benzene rings is 1. The van der Waals surface area contributed by atoms with Crippen LogP contribution in [-0.4, -0.2) is 19.8 Å². The summed E-state index contributed by atoms with van der Waals surface area (Å²) in [6.45, 7) is 5.49. The van der Waals surface area contributed by atoms with Gasteiger partial charge in [0.25, 0.3) is 0 Å². The van der Waals surface area contributed by atoms with Crippen LogP contribution in [-0.2, 0) is 0 Å². The molecule has 0 atom stereocenters. The Morgan fingerprint density at radius 1 is 1.35 bits per heavy atom. The molecule has 2 aromatic rings. The minimum Gasteiger partial charge on any atom is -0.508 e. The second-order valence-corrected chi connectivity index (χ2v) is 5.69. The lowest BCUT2D eigenvalue weighted by atomic mass is 10.3. The van der Waals surface area contributed by atoms with Crippen molar-refractivity contribution in [2.24, 2.45) is 0 Å². The molecule has 1 heterocycles. The van der Waals surface area contributed by atoms with Crippen LogP contribution in [0.3, 0.4) is 0 Å². The minimum atomic E-state index is -0.399. The average Bonchev–Trinajstić information content (AvgIpc) is 2.69. The minimum absolute atomic E-state index is 0.0296. The highest BCUT2D eigenvalue weighted by atomic mass is 32.2. The van der Waals surface area contributed by atoms with E-state index in [-0.39, 0.29) is 17.5 Å². The number of nitro groups is 1. The number of phenols is 1. The molecule has 0 saturated heterocycles. The molecule has 0 saturated carbocycles. The van der Waals surface area contributed by atoms with Crippen molar-refractivity contribution in [1.82, 2.24) is 9.78 Å². The van der Waals surface area contributed by atoms with Crippen LogP contribution in [0.25, 0.3) is 0 Å². The molecule has 7 heteroatoms. The molecule has 1 N–H and O–H groups in total. The van der Waals surface area contributed by atoms with Gasteiger partial charge >= 0.3 is 5.69 Å². The lowest BCUT2D eigenvalue weighted by Crippen LogP contribution is -2.04. The highest BCUT2D eigenvalue weighted by Crippen LogP contribution is 2.38. The number of nitrogens with zero attached hydrogens (tertiary/aromatic N) is 3. The van der Waals surface area contributed by atoms with Crippen molar-refractivity contribution >= 4 is 17.4 Å². The van der Waals surface area contributed by atoms with Crippen LogP contribution in [0, 0.1) is 17.0 Å². The van der Waals surface area contributed by atoms with Gasteiger partial charge in [-0.15, -0.1) is 0 Å². The van der Waals surface area contributed by atoms with Gasteiger partial charge in [0.05, 0.1) is 4.92 Å².